The fourth-order valence-corrected chi connectivity index (χ4v) is 7.81. The number of likely N-dealkylation sites (tertiary alicyclic amines) is 1. The van der Waals surface area contributed by atoms with Crippen LogP contribution in [-0.2, 0) is 16.6 Å². The third-order valence-electron chi connectivity index (χ3n) is 8.58. The van der Waals surface area contributed by atoms with Gasteiger partial charge in [-0.25, -0.2) is 0 Å². The van der Waals surface area contributed by atoms with Gasteiger partial charge in [-0.15, -0.1) is 6.58 Å². The maximum absolute atomic E-state index is 13.3. The van der Waals surface area contributed by atoms with Gasteiger partial charge in [-0.2, -0.15) is 0 Å². The molecule has 188 valence electrons. The van der Waals surface area contributed by atoms with Gasteiger partial charge >= 0.3 is 5.97 Å². The van der Waals surface area contributed by atoms with E-state index >= 15 is 0 Å². The zero-order valence-corrected chi connectivity index (χ0v) is 22.3. The fraction of sp³-hybridized carbons (Fsp3) is 0.429. The maximum Gasteiger partial charge on any atom is 0.308 e. The Morgan fingerprint density at radius 2 is 2.17 bits per heavy atom. The van der Waals surface area contributed by atoms with E-state index in [0.29, 0.717) is 49.3 Å². The molecule has 1 amide bonds. The predicted octanol–water partition coefficient (Wildman–Crippen LogP) is 3.36. The van der Waals surface area contributed by atoms with Crippen molar-refractivity contribution in [2.24, 2.45) is 0 Å². The first-order valence-corrected chi connectivity index (χ1v) is 13.5. The van der Waals surface area contributed by atoms with Gasteiger partial charge in [0.25, 0.3) is 5.91 Å². The van der Waals surface area contributed by atoms with Gasteiger partial charge in [-0.05, 0) is 84.6 Å². The molecule has 2 unspecified atom stereocenters. The molecular weight excluding hydrogens is 571 g/mol. The van der Waals surface area contributed by atoms with Crippen molar-refractivity contribution < 1.29 is 24.2 Å². The van der Waals surface area contributed by atoms with Crippen LogP contribution in [0.5, 0.6) is 11.5 Å². The number of hydrogen-bond donors (Lipinski definition) is 2. The number of amides is 1. The summed E-state index contributed by atoms with van der Waals surface area (Å²) in [5.74, 6) is 0.339. The summed E-state index contributed by atoms with van der Waals surface area (Å²) in [5, 5.41) is 15.7. The summed E-state index contributed by atoms with van der Waals surface area (Å²) in [6.45, 7) is 6.79. The molecule has 2 aromatic carbocycles. The monoisotopic (exact) mass is 600 g/mol. The number of rotatable bonds is 5. The van der Waals surface area contributed by atoms with Crippen LogP contribution in [0.25, 0.3) is 0 Å². The quantitative estimate of drug-likeness (QED) is 0.237. The maximum atomic E-state index is 13.3. The normalized spacial score (nSPS) is 31.7. The van der Waals surface area contributed by atoms with Gasteiger partial charge in [0.1, 0.15) is 6.10 Å². The standard InChI is InChI=1S/C28H29IN2O5/c1-3-12-31-13-11-27-23-17-7-8-21(35-16(2)32)24(23)36-25(27)20(9-10-28(27,34)22(31)15-17)30-26(33)18-5-4-6-19(29)14-18/h3-8,14,20,22,25,34H,1,9-13,15H2,2H3,(H,30,33)/t20?,22-,25?,27+,28-/m1/s1. The van der Waals surface area contributed by atoms with E-state index in [1.807, 2.05) is 30.3 Å². The van der Waals surface area contributed by atoms with E-state index in [1.54, 1.807) is 12.1 Å². The summed E-state index contributed by atoms with van der Waals surface area (Å²) in [6, 6.07) is 10.9. The average molecular weight is 600 g/mol. The van der Waals surface area contributed by atoms with Gasteiger partial charge in [-0.1, -0.05) is 18.2 Å². The molecule has 6 rings (SSSR count). The minimum Gasteiger partial charge on any atom is -0.483 e. The van der Waals surface area contributed by atoms with Crippen molar-refractivity contribution in [3.8, 4) is 11.5 Å². The lowest BCUT2D eigenvalue weighted by Crippen LogP contribution is -2.78. The summed E-state index contributed by atoms with van der Waals surface area (Å²) in [5.41, 5.74) is 0.928. The second-order valence-corrected chi connectivity index (χ2v) is 11.6. The molecule has 1 saturated heterocycles. The molecule has 36 heavy (non-hydrogen) atoms. The van der Waals surface area contributed by atoms with Crippen LogP contribution in [0.1, 0.15) is 47.7 Å². The van der Waals surface area contributed by atoms with E-state index in [1.165, 1.54) is 6.92 Å². The number of benzene rings is 2. The molecule has 0 aromatic heterocycles. The molecule has 7 nitrogen and oxygen atoms in total. The Morgan fingerprint density at radius 3 is 2.92 bits per heavy atom. The minimum absolute atomic E-state index is 0.0827. The number of halogens is 1. The minimum atomic E-state index is -1.03. The van der Waals surface area contributed by atoms with E-state index in [0.717, 1.165) is 21.2 Å². The highest BCUT2D eigenvalue weighted by Gasteiger charge is 2.73. The molecule has 0 radical (unpaired) electrons. The number of carbonyl (C=O) groups excluding carboxylic acids is 2. The summed E-state index contributed by atoms with van der Waals surface area (Å²) >= 11 is 2.20. The van der Waals surface area contributed by atoms with Crippen LogP contribution in [0.15, 0.2) is 49.1 Å². The number of carbonyl (C=O) groups is 2. The lowest BCUT2D eigenvalue weighted by Gasteiger charge is -2.64. The number of aliphatic hydroxyl groups is 1. The highest BCUT2D eigenvalue weighted by molar-refractivity contribution is 14.1. The van der Waals surface area contributed by atoms with Crippen LogP contribution >= 0.6 is 22.6 Å². The SMILES string of the molecule is C=CCN1CC[C@]23c4c5ccc(OC(C)=O)c4OC2C(NC(=O)c2cccc(I)c2)CC[C@@]3(O)[C@H]1C5. The number of ether oxygens (including phenoxy) is 2. The first kappa shape index (κ1) is 23.9. The van der Waals surface area contributed by atoms with Gasteiger partial charge in [0.15, 0.2) is 11.5 Å². The van der Waals surface area contributed by atoms with Crippen molar-refractivity contribution >= 4 is 34.5 Å². The highest BCUT2D eigenvalue weighted by Crippen LogP contribution is 2.65. The Labute approximate surface area is 224 Å². The highest BCUT2D eigenvalue weighted by atomic mass is 127. The summed E-state index contributed by atoms with van der Waals surface area (Å²) < 4.78 is 13.2. The Balaban J connectivity index is 1.45. The average Bonchev–Trinajstić information content (AvgIpc) is 3.19. The second-order valence-electron chi connectivity index (χ2n) is 10.3. The van der Waals surface area contributed by atoms with E-state index < -0.39 is 23.1 Å². The molecule has 2 heterocycles. The molecule has 2 aliphatic carbocycles. The Kier molecular flexibility index (Phi) is 5.69. The van der Waals surface area contributed by atoms with Gasteiger partial charge in [0, 0.05) is 34.2 Å². The Morgan fingerprint density at radius 1 is 1.33 bits per heavy atom. The van der Waals surface area contributed by atoms with Crippen molar-refractivity contribution in [1.82, 2.24) is 10.2 Å². The third-order valence-corrected chi connectivity index (χ3v) is 9.25. The molecule has 2 N–H and O–H groups in total. The first-order valence-electron chi connectivity index (χ1n) is 12.4. The molecule has 2 aliphatic heterocycles. The molecule has 4 aliphatic rings. The molecule has 2 aromatic rings. The van der Waals surface area contributed by atoms with Crippen LogP contribution in [-0.4, -0.2) is 58.8 Å². The van der Waals surface area contributed by atoms with Crippen molar-refractivity contribution in [3.63, 3.8) is 0 Å². The van der Waals surface area contributed by atoms with Crippen LogP contribution in [0, 0.1) is 3.57 Å². The van der Waals surface area contributed by atoms with Gasteiger partial charge in [-0.3, -0.25) is 14.5 Å². The fourth-order valence-electron chi connectivity index (χ4n) is 7.27. The molecule has 2 bridgehead atoms. The Bertz CT molecular complexity index is 1280. The van der Waals surface area contributed by atoms with Crippen LogP contribution in [0.2, 0.25) is 0 Å². The lowest BCUT2D eigenvalue weighted by atomic mass is 9.48. The third kappa shape index (κ3) is 3.30. The molecule has 1 saturated carbocycles. The second kappa shape index (κ2) is 8.56. The molecular formula is C28H29IN2O5. The van der Waals surface area contributed by atoms with E-state index in [4.69, 9.17) is 9.47 Å². The Hall–Kier alpha value is -2.43. The zero-order valence-electron chi connectivity index (χ0n) is 20.1. The number of hydrogen-bond acceptors (Lipinski definition) is 6. The molecule has 5 atom stereocenters. The predicted molar refractivity (Wildman–Crippen MR) is 142 cm³/mol. The van der Waals surface area contributed by atoms with E-state index in [2.05, 4.69) is 39.4 Å². The summed E-state index contributed by atoms with van der Waals surface area (Å²) in [7, 11) is 0. The number of nitrogens with one attached hydrogen (secondary N) is 1. The molecule has 1 spiro atoms. The van der Waals surface area contributed by atoms with Crippen LogP contribution in [0.3, 0.4) is 0 Å². The number of nitrogens with zero attached hydrogens (tertiary/aromatic N) is 1. The smallest absolute Gasteiger partial charge is 0.308 e. The summed E-state index contributed by atoms with van der Waals surface area (Å²) in [4.78, 5) is 27.5. The van der Waals surface area contributed by atoms with Crippen molar-refractivity contribution in [2.75, 3.05) is 13.1 Å². The van der Waals surface area contributed by atoms with Crippen LogP contribution < -0.4 is 14.8 Å². The topological polar surface area (TPSA) is 88.1 Å². The largest absolute Gasteiger partial charge is 0.483 e. The van der Waals surface area contributed by atoms with E-state index in [-0.39, 0.29) is 18.0 Å². The molecule has 2 fully saturated rings. The first-order chi connectivity index (χ1) is 17.3. The van der Waals surface area contributed by atoms with Crippen molar-refractivity contribution in [2.45, 2.75) is 61.8 Å². The van der Waals surface area contributed by atoms with Crippen molar-refractivity contribution in [3.05, 3.63) is 69.3 Å². The van der Waals surface area contributed by atoms with Crippen LogP contribution in [0.4, 0.5) is 0 Å². The number of piperidine rings is 1. The zero-order chi connectivity index (χ0) is 25.2. The van der Waals surface area contributed by atoms with Gasteiger partial charge in [0.2, 0.25) is 0 Å². The van der Waals surface area contributed by atoms with Crippen molar-refractivity contribution in [1.29, 1.82) is 0 Å². The summed E-state index contributed by atoms with van der Waals surface area (Å²) in [6.07, 6.45) is 3.91. The van der Waals surface area contributed by atoms with Gasteiger partial charge < -0.3 is 19.9 Å². The van der Waals surface area contributed by atoms with Gasteiger partial charge in [0.05, 0.1) is 17.1 Å². The lowest BCUT2D eigenvalue weighted by molar-refractivity contribution is -0.188. The number of esters is 1. The molecule has 8 heteroatoms. The van der Waals surface area contributed by atoms with E-state index in [9.17, 15) is 14.7 Å².